The number of aryl methyl sites for hydroxylation is 1. The van der Waals surface area contributed by atoms with Crippen LogP contribution in [0.4, 0.5) is 10.5 Å². The van der Waals surface area contributed by atoms with Crippen LogP contribution in [0.1, 0.15) is 22.9 Å². The van der Waals surface area contributed by atoms with E-state index in [0.717, 1.165) is 40.4 Å². The molecule has 1 atom stereocenters. The van der Waals surface area contributed by atoms with Gasteiger partial charge in [-0.15, -0.1) is 11.3 Å². The number of rotatable bonds is 2. The fraction of sp³-hybridized carbons (Fsp3) is 0.263. The molecule has 4 nitrogen and oxygen atoms in total. The van der Waals surface area contributed by atoms with Crippen molar-refractivity contribution in [3.05, 3.63) is 59.1 Å². The van der Waals surface area contributed by atoms with E-state index in [4.69, 9.17) is 0 Å². The number of hydrogen-bond acceptors (Lipinski definition) is 3. The molecule has 0 saturated carbocycles. The Morgan fingerprint density at radius 1 is 1.25 bits per heavy atom. The van der Waals surface area contributed by atoms with Crippen LogP contribution in [0.3, 0.4) is 0 Å². The lowest BCUT2D eigenvalue weighted by Crippen LogP contribution is -2.32. The molecule has 0 aliphatic carbocycles. The van der Waals surface area contributed by atoms with Gasteiger partial charge in [0.15, 0.2) is 0 Å². The smallest absolute Gasteiger partial charge is 0.321 e. The molecule has 1 saturated heterocycles. The van der Waals surface area contributed by atoms with Crippen LogP contribution in [-0.2, 0) is 0 Å². The number of aromatic nitrogens is 1. The summed E-state index contributed by atoms with van der Waals surface area (Å²) in [5.74, 6) is 0.431. The summed E-state index contributed by atoms with van der Waals surface area (Å²) in [6.07, 6.45) is 1.02. The molecular weight excluding hydrogens is 318 g/mol. The van der Waals surface area contributed by atoms with Crippen LogP contribution in [0.15, 0.2) is 48.5 Å². The minimum atomic E-state index is -0.0280. The maximum Gasteiger partial charge on any atom is 0.321 e. The van der Waals surface area contributed by atoms with Gasteiger partial charge in [0.25, 0.3) is 0 Å². The molecule has 0 radical (unpaired) electrons. The number of urea groups is 1. The summed E-state index contributed by atoms with van der Waals surface area (Å²) in [4.78, 5) is 18.9. The van der Waals surface area contributed by atoms with E-state index in [1.807, 2.05) is 36.1 Å². The predicted octanol–water partition coefficient (Wildman–Crippen LogP) is 4.63. The van der Waals surface area contributed by atoms with Crippen LogP contribution >= 0.6 is 11.3 Å². The highest BCUT2D eigenvalue weighted by atomic mass is 32.1. The number of fused-ring (bicyclic) bond motifs is 1. The Morgan fingerprint density at radius 2 is 2.08 bits per heavy atom. The maximum absolute atomic E-state index is 12.5. The van der Waals surface area contributed by atoms with Crippen LogP contribution in [0.2, 0.25) is 0 Å². The Morgan fingerprint density at radius 3 is 2.92 bits per heavy atom. The van der Waals surface area contributed by atoms with Gasteiger partial charge in [-0.05, 0) is 37.1 Å². The van der Waals surface area contributed by atoms with Crippen LogP contribution in [-0.4, -0.2) is 29.0 Å². The molecule has 1 fully saturated rings. The molecule has 5 heteroatoms. The number of benzene rings is 2. The van der Waals surface area contributed by atoms with Crippen molar-refractivity contribution in [3.8, 4) is 0 Å². The Hall–Kier alpha value is -2.40. The molecule has 122 valence electrons. The maximum atomic E-state index is 12.5. The molecule has 1 aliphatic rings. The summed E-state index contributed by atoms with van der Waals surface area (Å²) in [7, 11) is 0. The first-order chi connectivity index (χ1) is 11.7. The standard InChI is InChI=1S/C19H19N3OS/c1-13-20-17-11-16(7-8-18(17)24-13)21-19(23)22-10-9-15(12-22)14-5-3-2-4-6-14/h2-8,11,15H,9-10,12H2,1H3,(H,21,23)/t15-/m1/s1. The zero-order valence-electron chi connectivity index (χ0n) is 13.5. The number of anilines is 1. The molecule has 2 aromatic carbocycles. The molecule has 2 amide bonds. The highest BCUT2D eigenvalue weighted by molar-refractivity contribution is 7.18. The lowest BCUT2D eigenvalue weighted by Gasteiger charge is -2.17. The number of carbonyl (C=O) groups excluding carboxylic acids is 1. The van der Waals surface area contributed by atoms with Gasteiger partial charge in [-0.1, -0.05) is 30.3 Å². The summed E-state index contributed by atoms with van der Waals surface area (Å²) >= 11 is 1.67. The molecule has 24 heavy (non-hydrogen) atoms. The minimum Gasteiger partial charge on any atom is -0.324 e. The lowest BCUT2D eigenvalue weighted by molar-refractivity contribution is 0.222. The molecule has 0 spiro atoms. The van der Waals surface area contributed by atoms with E-state index >= 15 is 0 Å². The SMILES string of the molecule is Cc1nc2cc(NC(=O)N3CC[C@@H](c4ccccc4)C3)ccc2s1. The quantitative estimate of drug-likeness (QED) is 0.741. The Kier molecular flexibility index (Phi) is 3.94. The summed E-state index contributed by atoms with van der Waals surface area (Å²) in [5, 5.41) is 4.05. The Labute approximate surface area is 145 Å². The zero-order valence-corrected chi connectivity index (χ0v) is 14.3. The van der Waals surface area contributed by atoms with Crippen molar-refractivity contribution >= 4 is 33.3 Å². The monoisotopic (exact) mass is 337 g/mol. The molecule has 0 unspecified atom stereocenters. The molecule has 2 heterocycles. The van der Waals surface area contributed by atoms with Crippen molar-refractivity contribution < 1.29 is 4.79 Å². The largest absolute Gasteiger partial charge is 0.324 e. The number of nitrogens with zero attached hydrogens (tertiary/aromatic N) is 2. The molecule has 3 aromatic rings. The molecule has 1 N–H and O–H groups in total. The van der Waals surface area contributed by atoms with Crippen molar-refractivity contribution in [2.45, 2.75) is 19.3 Å². The molecule has 1 aliphatic heterocycles. The van der Waals surface area contributed by atoms with Crippen LogP contribution in [0.5, 0.6) is 0 Å². The van der Waals surface area contributed by atoms with Gasteiger partial charge in [0.1, 0.15) is 0 Å². The van der Waals surface area contributed by atoms with E-state index < -0.39 is 0 Å². The van der Waals surface area contributed by atoms with Gasteiger partial charge < -0.3 is 10.2 Å². The highest BCUT2D eigenvalue weighted by Gasteiger charge is 2.27. The first-order valence-corrected chi connectivity index (χ1v) is 8.99. The first-order valence-electron chi connectivity index (χ1n) is 8.17. The molecule has 4 rings (SSSR count). The van der Waals surface area contributed by atoms with Gasteiger partial charge in [0, 0.05) is 24.7 Å². The summed E-state index contributed by atoms with van der Waals surface area (Å²) in [6, 6.07) is 16.3. The van der Waals surface area contributed by atoms with Crippen molar-refractivity contribution in [1.82, 2.24) is 9.88 Å². The number of likely N-dealkylation sites (tertiary alicyclic amines) is 1. The van der Waals surface area contributed by atoms with Gasteiger partial charge in [0.2, 0.25) is 0 Å². The number of thiazole rings is 1. The van der Waals surface area contributed by atoms with Gasteiger partial charge in [-0.3, -0.25) is 0 Å². The number of nitrogens with one attached hydrogen (secondary N) is 1. The van der Waals surface area contributed by atoms with Gasteiger partial charge in [-0.25, -0.2) is 9.78 Å². The third kappa shape index (κ3) is 2.99. The second-order valence-electron chi connectivity index (χ2n) is 6.19. The van der Waals surface area contributed by atoms with E-state index in [0.29, 0.717) is 5.92 Å². The van der Waals surface area contributed by atoms with E-state index in [9.17, 15) is 4.79 Å². The average molecular weight is 337 g/mol. The third-order valence-electron chi connectivity index (χ3n) is 4.49. The fourth-order valence-corrected chi connectivity index (χ4v) is 4.07. The van der Waals surface area contributed by atoms with Crippen LogP contribution in [0.25, 0.3) is 10.2 Å². The normalized spacial score (nSPS) is 17.4. The van der Waals surface area contributed by atoms with Gasteiger partial charge >= 0.3 is 6.03 Å². The Bertz CT molecular complexity index is 875. The molecule has 0 bridgehead atoms. The minimum absolute atomic E-state index is 0.0280. The average Bonchev–Trinajstić information content (AvgIpc) is 3.21. The van der Waals surface area contributed by atoms with E-state index in [1.54, 1.807) is 11.3 Å². The van der Waals surface area contributed by atoms with Crippen LogP contribution < -0.4 is 5.32 Å². The van der Waals surface area contributed by atoms with Crippen LogP contribution in [0, 0.1) is 6.92 Å². The lowest BCUT2D eigenvalue weighted by atomic mass is 9.99. The second kappa shape index (κ2) is 6.24. The first kappa shape index (κ1) is 15.1. The number of carbonyl (C=O) groups is 1. The van der Waals surface area contributed by atoms with Crippen molar-refractivity contribution in [3.63, 3.8) is 0 Å². The zero-order chi connectivity index (χ0) is 16.5. The van der Waals surface area contributed by atoms with Gasteiger partial charge in [0.05, 0.1) is 15.2 Å². The predicted molar refractivity (Wildman–Crippen MR) is 98.7 cm³/mol. The van der Waals surface area contributed by atoms with Crippen molar-refractivity contribution in [1.29, 1.82) is 0 Å². The molecule has 1 aromatic heterocycles. The topological polar surface area (TPSA) is 45.2 Å². The number of hydrogen-bond donors (Lipinski definition) is 1. The fourth-order valence-electron chi connectivity index (χ4n) is 3.26. The third-order valence-corrected chi connectivity index (χ3v) is 5.44. The molecular formula is C19H19N3OS. The second-order valence-corrected chi connectivity index (χ2v) is 7.42. The van der Waals surface area contributed by atoms with E-state index in [2.05, 4.69) is 34.6 Å². The van der Waals surface area contributed by atoms with Gasteiger partial charge in [-0.2, -0.15) is 0 Å². The van der Waals surface area contributed by atoms with E-state index in [-0.39, 0.29) is 6.03 Å². The van der Waals surface area contributed by atoms with Crippen molar-refractivity contribution in [2.24, 2.45) is 0 Å². The highest BCUT2D eigenvalue weighted by Crippen LogP contribution is 2.28. The van der Waals surface area contributed by atoms with E-state index in [1.165, 1.54) is 5.56 Å². The number of amides is 2. The summed E-state index contributed by atoms with van der Waals surface area (Å²) < 4.78 is 1.15. The van der Waals surface area contributed by atoms with Crippen molar-refractivity contribution in [2.75, 3.05) is 18.4 Å². The summed E-state index contributed by atoms with van der Waals surface area (Å²) in [6.45, 7) is 3.56. The Balaban J connectivity index is 1.44. The summed E-state index contributed by atoms with van der Waals surface area (Å²) in [5.41, 5.74) is 3.06.